The lowest BCUT2D eigenvalue weighted by molar-refractivity contribution is -0.115. The van der Waals surface area contributed by atoms with E-state index < -0.39 is 0 Å². The summed E-state index contributed by atoms with van der Waals surface area (Å²) in [6, 6.07) is 13.9. The number of amides is 1. The molecule has 1 aliphatic heterocycles. The van der Waals surface area contributed by atoms with Crippen LogP contribution < -0.4 is 10.7 Å². The van der Waals surface area contributed by atoms with Crippen LogP contribution in [-0.2, 0) is 4.79 Å². The van der Waals surface area contributed by atoms with Gasteiger partial charge in [0, 0.05) is 17.9 Å². The summed E-state index contributed by atoms with van der Waals surface area (Å²) in [6.45, 7) is 5.96. The Morgan fingerprint density at radius 3 is 2.46 bits per heavy atom. The van der Waals surface area contributed by atoms with Crippen LogP contribution in [0.25, 0.3) is 0 Å². The minimum Gasteiger partial charge on any atom is -0.326 e. The van der Waals surface area contributed by atoms with Crippen molar-refractivity contribution in [3.05, 3.63) is 59.2 Å². The Morgan fingerprint density at radius 2 is 1.88 bits per heavy atom. The van der Waals surface area contributed by atoms with E-state index in [1.807, 2.05) is 37.3 Å². The number of hydrazone groups is 1. The molecule has 0 aliphatic carbocycles. The standard InChI is InChI=1S/C20H22N4OS/c1-4-18(25)21-16-10-8-15(9-11-16)17-12-26-20(24-23-17)22-19-13(2)6-5-7-14(19)3/h5-11H,4,12H2,1-3H3,(H,21,25)(H,22,24). The summed E-state index contributed by atoms with van der Waals surface area (Å²) >= 11 is 1.64. The Bertz CT molecular complexity index is 852. The van der Waals surface area contributed by atoms with Gasteiger partial charge in [-0.3, -0.25) is 10.2 Å². The van der Waals surface area contributed by atoms with Crippen molar-refractivity contribution in [2.75, 3.05) is 11.1 Å². The zero-order valence-corrected chi connectivity index (χ0v) is 16.0. The molecular weight excluding hydrogens is 344 g/mol. The fourth-order valence-electron chi connectivity index (χ4n) is 2.60. The number of carbonyl (C=O) groups excluding carboxylic acids is 1. The van der Waals surface area contributed by atoms with Crippen LogP contribution in [0.2, 0.25) is 0 Å². The number of hydrogen-bond acceptors (Lipinski definition) is 4. The SMILES string of the molecule is CCC(=O)Nc1ccc(C2=NNC(=Nc3c(C)cccc3C)SC2)cc1. The van der Waals surface area contributed by atoms with Crippen molar-refractivity contribution < 1.29 is 4.79 Å². The van der Waals surface area contributed by atoms with Crippen LogP contribution in [0, 0.1) is 13.8 Å². The molecule has 0 radical (unpaired) electrons. The van der Waals surface area contributed by atoms with E-state index in [9.17, 15) is 4.79 Å². The van der Waals surface area contributed by atoms with Gasteiger partial charge in [0.2, 0.25) is 5.91 Å². The average Bonchev–Trinajstić information content (AvgIpc) is 2.66. The fourth-order valence-corrected chi connectivity index (χ4v) is 3.37. The Kier molecular flexibility index (Phi) is 5.73. The highest BCUT2D eigenvalue weighted by Gasteiger charge is 2.14. The van der Waals surface area contributed by atoms with E-state index in [1.54, 1.807) is 11.8 Å². The Hall–Kier alpha value is -2.60. The van der Waals surface area contributed by atoms with Gasteiger partial charge in [-0.15, -0.1) is 0 Å². The molecule has 0 saturated heterocycles. The molecule has 26 heavy (non-hydrogen) atoms. The second-order valence-electron chi connectivity index (χ2n) is 6.10. The minimum atomic E-state index is 0.0114. The fraction of sp³-hybridized carbons (Fsp3) is 0.250. The zero-order valence-electron chi connectivity index (χ0n) is 15.2. The normalized spacial score (nSPS) is 15.3. The highest BCUT2D eigenvalue weighted by molar-refractivity contribution is 8.14. The first kappa shape index (κ1) is 18.2. The Balaban J connectivity index is 1.71. The molecule has 0 unspecified atom stereocenters. The van der Waals surface area contributed by atoms with Crippen molar-refractivity contribution in [3.8, 4) is 0 Å². The predicted octanol–water partition coefficient (Wildman–Crippen LogP) is 4.38. The molecule has 2 aromatic carbocycles. The molecule has 0 saturated carbocycles. The number of aliphatic imine (C=N–C) groups is 1. The number of benzene rings is 2. The van der Waals surface area contributed by atoms with Crippen LogP contribution in [-0.4, -0.2) is 22.5 Å². The minimum absolute atomic E-state index is 0.0114. The molecule has 5 nitrogen and oxygen atoms in total. The van der Waals surface area contributed by atoms with E-state index in [-0.39, 0.29) is 5.91 Å². The van der Waals surface area contributed by atoms with Crippen molar-refractivity contribution in [1.82, 2.24) is 5.43 Å². The smallest absolute Gasteiger partial charge is 0.224 e. The summed E-state index contributed by atoms with van der Waals surface area (Å²) < 4.78 is 0. The van der Waals surface area contributed by atoms with E-state index in [4.69, 9.17) is 4.99 Å². The van der Waals surface area contributed by atoms with E-state index in [0.29, 0.717) is 6.42 Å². The summed E-state index contributed by atoms with van der Waals surface area (Å²) in [5, 5.41) is 8.12. The molecular formula is C20H22N4OS. The lowest BCUT2D eigenvalue weighted by Crippen LogP contribution is -2.25. The summed E-state index contributed by atoms with van der Waals surface area (Å²) in [7, 11) is 0. The summed E-state index contributed by atoms with van der Waals surface area (Å²) in [6.07, 6.45) is 0.470. The first-order chi connectivity index (χ1) is 12.6. The number of thioether (sulfide) groups is 1. The number of aryl methyl sites for hydroxylation is 2. The zero-order chi connectivity index (χ0) is 18.5. The lowest BCUT2D eigenvalue weighted by atomic mass is 10.1. The van der Waals surface area contributed by atoms with Crippen molar-refractivity contribution in [2.24, 2.45) is 10.1 Å². The van der Waals surface area contributed by atoms with Gasteiger partial charge in [-0.1, -0.05) is 49.0 Å². The van der Waals surface area contributed by atoms with Crippen LogP contribution in [0.1, 0.15) is 30.0 Å². The lowest BCUT2D eigenvalue weighted by Gasteiger charge is -2.16. The van der Waals surface area contributed by atoms with E-state index in [0.717, 1.165) is 44.7 Å². The Morgan fingerprint density at radius 1 is 1.19 bits per heavy atom. The number of nitrogens with zero attached hydrogens (tertiary/aromatic N) is 2. The molecule has 1 amide bonds. The third kappa shape index (κ3) is 4.32. The van der Waals surface area contributed by atoms with Gasteiger partial charge in [-0.25, -0.2) is 4.99 Å². The highest BCUT2D eigenvalue weighted by Crippen LogP contribution is 2.25. The molecule has 0 bridgehead atoms. The third-order valence-electron chi connectivity index (χ3n) is 4.11. The van der Waals surface area contributed by atoms with Crippen LogP contribution in [0.4, 0.5) is 11.4 Å². The molecule has 1 heterocycles. The van der Waals surface area contributed by atoms with E-state index in [2.05, 4.69) is 41.8 Å². The van der Waals surface area contributed by atoms with E-state index >= 15 is 0 Å². The number of nitrogens with one attached hydrogen (secondary N) is 2. The van der Waals surface area contributed by atoms with Gasteiger partial charge < -0.3 is 5.32 Å². The van der Waals surface area contributed by atoms with Gasteiger partial charge in [-0.2, -0.15) is 5.10 Å². The molecule has 134 valence electrons. The van der Waals surface area contributed by atoms with Crippen LogP contribution >= 0.6 is 11.8 Å². The molecule has 0 fully saturated rings. The molecule has 3 rings (SSSR count). The number of hydrogen-bond donors (Lipinski definition) is 2. The van der Waals surface area contributed by atoms with Gasteiger partial charge in [0.1, 0.15) is 0 Å². The van der Waals surface area contributed by atoms with Crippen LogP contribution in [0.15, 0.2) is 52.6 Å². The quantitative estimate of drug-likeness (QED) is 0.844. The second kappa shape index (κ2) is 8.19. The second-order valence-corrected chi connectivity index (χ2v) is 7.06. The number of anilines is 1. The summed E-state index contributed by atoms with van der Waals surface area (Å²) in [5.74, 6) is 0.759. The molecule has 0 spiro atoms. The topological polar surface area (TPSA) is 65.8 Å². The maximum absolute atomic E-state index is 11.4. The largest absolute Gasteiger partial charge is 0.326 e. The molecule has 0 atom stereocenters. The third-order valence-corrected chi connectivity index (χ3v) is 4.98. The summed E-state index contributed by atoms with van der Waals surface area (Å²) in [4.78, 5) is 16.2. The predicted molar refractivity (Wildman–Crippen MR) is 111 cm³/mol. The van der Waals surface area contributed by atoms with Crippen LogP contribution in [0.3, 0.4) is 0 Å². The van der Waals surface area contributed by atoms with Crippen molar-refractivity contribution in [2.45, 2.75) is 27.2 Å². The molecule has 6 heteroatoms. The van der Waals surface area contributed by atoms with E-state index in [1.165, 1.54) is 0 Å². The first-order valence-electron chi connectivity index (χ1n) is 8.57. The highest BCUT2D eigenvalue weighted by atomic mass is 32.2. The average molecular weight is 366 g/mol. The maximum atomic E-state index is 11.4. The van der Waals surface area contributed by atoms with Gasteiger partial charge in [0.15, 0.2) is 5.17 Å². The molecule has 1 aliphatic rings. The van der Waals surface area contributed by atoms with Gasteiger partial charge in [-0.05, 0) is 42.7 Å². The molecule has 2 N–H and O–H groups in total. The monoisotopic (exact) mass is 366 g/mol. The van der Waals surface area contributed by atoms with Crippen molar-refractivity contribution >= 4 is 39.9 Å². The van der Waals surface area contributed by atoms with Gasteiger partial charge >= 0.3 is 0 Å². The number of rotatable bonds is 4. The number of carbonyl (C=O) groups is 1. The summed E-state index contributed by atoms with van der Waals surface area (Å²) in [5.41, 5.74) is 9.16. The van der Waals surface area contributed by atoms with Crippen molar-refractivity contribution in [3.63, 3.8) is 0 Å². The first-order valence-corrected chi connectivity index (χ1v) is 9.56. The maximum Gasteiger partial charge on any atom is 0.224 e. The van der Waals surface area contributed by atoms with Gasteiger partial charge in [0.05, 0.1) is 11.4 Å². The number of para-hydroxylation sites is 1. The Labute approximate surface area is 158 Å². The number of amidine groups is 1. The van der Waals surface area contributed by atoms with Crippen LogP contribution in [0.5, 0.6) is 0 Å². The van der Waals surface area contributed by atoms with Crippen molar-refractivity contribution in [1.29, 1.82) is 0 Å². The molecule has 0 aromatic heterocycles. The van der Waals surface area contributed by atoms with Gasteiger partial charge in [0.25, 0.3) is 0 Å². The molecule has 2 aromatic rings.